The summed E-state index contributed by atoms with van der Waals surface area (Å²) in [5.41, 5.74) is 0. The van der Waals surface area contributed by atoms with Crippen LogP contribution in [-0.4, -0.2) is 19.6 Å². The molecule has 19 heavy (non-hydrogen) atoms. The molecule has 4 nitrogen and oxygen atoms in total. The number of nitrogens with one attached hydrogen (secondary N) is 1. The fourth-order valence-electron chi connectivity index (χ4n) is 1.93. The van der Waals surface area contributed by atoms with Crippen LogP contribution in [0.5, 0.6) is 0 Å². The third kappa shape index (κ3) is 5.22. The van der Waals surface area contributed by atoms with Gasteiger partial charge in [-0.05, 0) is 25.0 Å². The Morgan fingerprint density at radius 3 is 2.53 bits per heavy atom. The highest BCUT2D eigenvalue weighted by Crippen LogP contribution is 2.22. The van der Waals surface area contributed by atoms with Crippen LogP contribution in [0, 0.1) is 0 Å². The molecule has 1 aromatic rings. The molecular weight excluding hydrogens is 282 g/mol. The van der Waals surface area contributed by atoms with Crippen LogP contribution < -0.4 is 4.72 Å². The number of hydrogen-bond donors (Lipinski definition) is 2. The van der Waals surface area contributed by atoms with Crippen LogP contribution in [0.15, 0.2) is 16.3 Å². The van der Waals surface area contributed by atoms with Gasteiger partial charge in [0.15, 0.2) is 0 Å². The first-order valence-corrected chi connectivity index (χ1v) is 9.05. The molecular formula is C13H23NO3S2. The number of thiophene rings is 1. The van der Waals surface area contributed by atoms with Crippen molar-refractivity contribution in [3.63, 3.8) is 0 Å². The summed E-state index contributed by atoms with van der Waals surface area (Å²) in [6.45, 7) is 4.04. The summed E-state index contributed by atoms with van der Waals surface area (Å²) in [6.07, 6.45) is 4.79. The molecule has 1 heterocycles. The molecule has 0 amide bonds. The van der Waals surface area contributed by atoms with E-state index in [2.05, 4.69) is 18.6 Å². The minimum absolute atomic E-state index is 0.00891. The fraction of sp³-hybridized carbons (Fsp3) is 0.692. The molecule has 0 spiro atoms. The highest BCUT2D eigenvalue weighted by Gasteiger charge is 2.21. The van der Waals surface area contributed by atoms with E-state index < -0.39 is 10.0 Å². The fourth-order valence-corrected chi connectivity index (χ4v) is 4.46. The third-order valence-electron chi connectivity index (χ3n) is 2.92. The number of rotatable bonds is 9. The summed E-state index contributed by atoms with van der Waals surface area (Å²) in [5, 5.41) is 8.99. The Hall–Kier alpha value is -0.430. The van der Waals surface area contributed by atoms with Gasteiger partial charge in [0.1, 0.15) is 4.21 Å². The number of aliphatic hydroxyl groups excluding tert-OH is 1. The Labute approximate surface area is 119 Å². The average molecular weight is 305 g/mol. The molecule has 0 aliphatic carbocycles. The topological polar surface area (TPSA) is 66.4 Å². The zero-order valence-corrected chi connectivity index (χ0v) is 13.2. The lowest BCUT2D eigenvalue weighted by Gasteiger charge is -2.17. The van der Waals surface area contributed by atoms with Crippen LogP contribution >= 0.6 is 11.3 Å². The summed E-state index contributed by atoms with van der Waals surface area (Å²) in [7, 11) is -3.44. The first-order chi connectivity index (χ1) is 9.03. The van der Waals surface area contributed by atoms with Gasteiger partial charge in [0, 0.05) is 10.9 Å². The van der Waals surface area contributed by atoms with Gasteiger partial charge in [0.2, 0.25) is 10.0 Å². The van der Waals surface area contributed by atoms with E-state index >= 15 is 0 Å². The normalized spacial score (nSPS) is 13.6. The zero-order valence-electron chi connectivity index (χ0n) is 11.6. The monoisotopic (exact) mass is 305 g/mol. The Bertz CT molecular complexity index is 468. The highest BCUT2D eigenvalue weighted by atomic mass is 32.2. The Morgan fingerprint density at radius 2 is 2.00 bits per heavy atom. The van der Waals surface area contributed by atoms with Crippen molar-refractivity contribution in [3.8, 4) is 0 Å². The van der Waals surface area contributed by atoms with Crippen LogP contribution in [0.4, 0.5) is 0 Å². The van der Waals surface area contributed by atoms with Crippen molar-refractivity contribution in [2.45, 2.75) is 62.8 Å². The van der Waals surface area contributed by atoms with Gasteiger partial charge in [-0.2, -0.15) is 0 Å². The van der Waals surface area contributed by atoms with E-state index in [1.165, 1.54) is 0 Å². The molecule has 0 bridgehead atoms. The van der Waals surface area contributed by atoms with Crippen molar-refractivity contribution < 1.29 is 13.5 Å². The second-order valence-corrected chi connectivity index (χ2v) is 7.74. The summed E-state index contributed by atoms with van der Waals surface area (Å²) in [5.74, 6) is 0. The first kappa shape index (κ1) is 16.6. The van der Waals surface area contributed by atoms with Gasteiger partial charge in [0.25, 0.3) is 0 Å². The summed E-state index contributed by atoms with van der Waals surface area (Å²) < 4.78 is 27.5. The predicted octanol–water partition coefficient (Wildman–Crippen LogP) is 2.88. The average Bonchev–Trinajstić information content (AvgIpc) is 2.85. The SMILES string of the molecule is CCCCC(CCC)NS(=O)(=O)c1ccc(CO)s1. The van der Waals surface area contributed by atoms with Gasteiger partial charge >= 0.3 is 0 Å². The molecule has 1 atom stereocenters. The van der Waals surface area contributed by atoms with Gasteiger partial charge < -0.3 is 5.11 Å². The van der Waals surface area contributed by atoms with Crippen LogP contribution in [-0.2, 0) is 16.6 Å². The molecule has 0 saturated carbocycles. The summed E-state index contributed by atoms with van der Waals surface area (Å²) >= 11 is 1.12. The lowest BCUT2D eigenvalue weighted by atomic mass is 10.1. The molecule has 0 saturated heterocycles. The summed E-state index contributed by atoms with van der Waals surface area (Å²) in [6, 6.07) is 3.22. The van der Waals surface area contributed by atoms with Crippen molar-refractivity contribution in [2.75, 3.05) is 0 Å². The Morgan fingerprint density at radius 1 is 1.26 bits per heavy atom. The van der Waals surface area contributed by atoms with E-state index in [0.29, 0.717) is 4.88 Å². The molecule has 0 fully saturated rings. The highest BCUT2D eigenvalue weighted by molar-refractivity contribution is 7.91. The molecule has 110 valence electrons. The van der Waals surface area contributed by atoms with E-state index in [4.69, 9.17) is 5.11 Å². The maximum atomic E-state index is 12.2. The predicted molar refractivity (Wildman–Crippen MR) is 78.8 cm³/mol. The van der Waals surface area contributed by atoms with Crippen molar-refractivity contribution in [2.24, 2.45) is 0 Å². The smallest absolute Gasteiger partial charge is 0.250 e. The quantitative estimate of drug-likeness (QED) is 0.737. The molecule has 1 unspecified atom stereocenters. The second-order valence-electron chi connectivity index (χ2n) is 4.63. The summed E-state index contributed by atoms with van der Waals surface area (Å²) in [4.78, 5) is 0.668. The molecule has 0 radical (unpaired) electrons. The van der Waals surface area contributed by atoms with Gasteiger partial charge in [-0.3, -0.25) is 0 Å². The molecule has 0 aliphatic heterocycles. The van der Waals surface area contributed by atoms with Crippen LogP contribution in [0.2, 0.25) is 0 Å². The van der Waals surface area contributed by atoms with E-state index in [-0.39, 0.29) is 16.9 Å². The third-order valence-corrected chi connectivity index (χ3v) is 6.01. The van der Waals surface area contributed by atoms with Crippen LogP contribution in [0.1, 0.15) is 50.8 Å². The minimum atomic E-state index is -3.44. The molecule has 2 N–H and O–H groups in total. The Balaban J connectivity index is 2.74. The molecule has 1 aromatic heterocycles. The van der Waals surface area contributed by atoms with Crippen LogP contribution in [0.3, 0.4) is 0 Å². The maximum absolute atomic E-state index is 12.2. The second kappa shape index (κ2) is 7.99. The van der Waals surface area contributed by atoms with Gasteiger partial charge in [0.05, 0.1) is 6.61 Å². The van der Waals surface area contributed by atoms with Crippen molar-refractivity contribution in [1.82, 2.24) is 4.72 Å². The van der Waals surface area contributed by atoms with E-state index in [1.807, 2.05) is 0 Å². The Kier molecular flexibility index (Phi) is 6.99. The maximum Gasteiger partial charge on any atom is 0.250 e. The van der Waals surface area contributed by atoms with Crippen LogP contribution in [0.25, 0.3) is 0 Å². The molecule has 0 aromatic carbocycles. The largest absolute Gasteiger partial charge is 0.391 e. The number of unbranched alkanes of at least 4 members (excludes halogenated alkanes) is 1. The molecule has 6 heteroatoms. The molecule has 1 rings (SSSR count). The van der Waals surface area contributed by atoms with Crippen molar-refractivity contribution in [3.05, 3.63) is 17.0 Å². The first-order valence-electron chi connectivity index (χ1n) is 6.75. The number of aliphatic hydroxyl groups is 1. The number of sulfonamides is 1. The van der Waals surface area contributed by atoms with Crippen molar-refractivity contribution >= 4 is 21.4 Å². The molecule has 0 aliphatic rings. The van der Waals surface area contributed by atoms with E-state index in [9.17, 15) is 8.42 Å². The lowest BCUT2D eigenvalue weighted by molar-refractivity contribution is 0.285. The van der Waals surface area contributed by atoms with E-state index in [1.54, 1.807) is 12.1 Å². The minimum Gasteiger partial charge on any atom is -0.391 e. The van der Waals surface area contributed by atoms with E-state index in [0.717, 1.165) is 43.4 Å². The van der Waals surface area contributed by atoms with Gasteiger partial charge in [-0.15, -0.1) is 11.3 Å². The van der Waals surface area contributed by atoms with Gasteiger partial charge in [-0.25, -0.2) is 13.1 Å². The number of hydrogen-bond acceptors (Lipinski definition) is 4. The standard InChI is InChI=1S/C13H23NO3S2/c1-3-5-7-11(6-4-2)14-19(16,17)13-9-8-12(10-15)18-13/h8-9,11,14-15H,3-7,10H2,1-2H3. The zero-order chi connectivity index (χ0) is 14.3. The van der Waals surface area contributed by atoms with Gasteiger partial charge in [-0.1, -0.05) is 33.1 Å². The van der Waals surface area contributed by atoms with Crippen molar-refractivity contribution in [1.29, 1.82) is 0 Å². The lowest BCUT2D eigenvalue weighted by Crippen LogP contribution is -2.34.